The number of likely N-dealkylation sites (tertiary alicyclic amines) is 1. The van der Waals surface area contributed by atoms with Crippen molar-refractivity contribution >= 4 is 29.0 Å². The van der Waals surface area contributed by atoms with Gasteiger partial charge in [-0.25, -0.2) is 4.39 Å². The van der Waals surface area contributed by atoms with Gasteiger partial charge in [0.1, 0.15) is 11.7 Å². The zero-order valence-corrected chi connectivity index (χ0v) is 17.5. The van der Waals surface area contributed by atoms with E-state index in [1.165, 1.54) is 18.2 Å². The van der Waals surface area contributed by atoms with Crippen LogP contribution in [-0.2, 0) is 11.3 Å². The summed E-state index contributed by atoms with van der Waals surface area (Å²) < 4.78 is 18.7. The predicted octanol–water partition coefficient (Wildman–Crippen LogP) is 3.32. The summed E-state index contributed by atoms with van der Waals surface area (Å²) in [6, 6.07) is 12.2. The lowest BCUT2D eigenvalue weighted by Crippen LogP contribution is -2.55. The van der Waals surface area contributed by atoms with Crippen LogP contribution in [0.4, 0.5) is 10.1 Å². The molecule has 1 saturated heterocycles. The van der Waals surface area contributed by atoms with E-state index in [0.29, 0.717) is 44.8 Å². The number of anilines is 1. The maximum atomic E-state index is 13.5. The third-order valence-corrected chi connectivity index (χ3v) is 5.92. The Labute approximate surface area is 180 Å². The number of methoxy groups -OCH3 is 1. The van der Waals surface area contributed by atoms with Crippen LogP contribution in [0.15, 0.2) is 47.5 Å². The van der Waals surface area contributed by atoms with E-state index in [1.54, 1.807) is 12.0 Å². The summed E-state index contributed by atoms with van der Waals surface area (Å²) in [5, 5.41) is 7.07. The fraction of sp³-hybridized carbons (Fsp3) is 0.364. The molecule has 30 heavy (non-hydrogen) atoms. The highest BCUT2D eigenvalue weighted by molar-refractivity contribution is 6.31. The minimum Gasteiger partial charge on any atom is -0.383 e. The third kappa shape index (κ3) is 4.05. The Bertz CT molecular complexity index is 983. The lowest BCUT2D eigenvalue weighted by atomic mass is 9.96. The number of nitrogens with one attached hydrogen (secondary N) is 2. The van der Waals surface area contributed by atoms with E-state index >= 15 is 0 Å². The van der Waals surface area contributed by atoms with Crippen molar-refractivity contribution in [3.63, 3.8) is 0 Å². The number of para-hydroxylation sites is 1. The quantitative estimate of drug-likeness (QED) is 0.730. The monoisotopic (exact) mass is 430 g/mol. The molecule has 1 amide bonds. The lowest BCUT2D eigenvalue weighted by molar-refractivity contribution is 0.0785. The normalized spacial score (nSPS) is 22.1. The van der Waals surface area contributed by atoms with Gasteiger partial charge in [0.25, 0.3) is 5.91 Å². The van der Waals surface area contributed by atoms with Crippen molar-refractivity contribution in [2.75, 3.05) is 38.7 Å². The molecule has 0 aromatic heterocycles. The number of nitrogens with zero attached hydrogens (tertiary/aromatic N) is 2. The Morgan fingerprint density at radius 1 is 1.33 bits per heavy atom. The van der Waals surface area contributed by atoms with Gasteiger partial charge < -0.3 is 15.0 Å². The molecule has 0 saturated carbocycles. The van der Waals surface area contributed by atoms with Crippen LogP contribution < -0.4 is 10.6 Å². The summed E-state index contributed by atoms with van der Waals surface area (Å²) in [6.45, 7) is 2.71. The van der Waals surface area contributed by atoms with Gasteiger partial charge in [-0.1, -0.05) is 29.8 Å². The summed E-state index contributed by atoms with van der Waals surface area (Å²) in [4.78, 5) is 19.6. The van der Waals surface area contributed by atoms with E-state index in [0.717, 1.165) is 17.1 Å². The summed E-state index contributed by atoms with van der Waals surface area (Å²) in [5.41, 5.74) is 2.03. The van der Waals surface area contributed by atoms with Gasteiger partial charge in [0, 0.05) is 38.0 Å². The van der Waals surface area contributed by atoms with Crippen molar-refractivity contribution in [2.45, 2.75) is 18.5 Å². The van der Waals surface area contributed by atoms with Crippen LogP contribution >= 0.6 is 11.6 Å². The molecule has 1 unspecified atom stereocenters. The Morgan fingerprint density at radius 3 is 2.97 bits per heavy atom. The Kier molecular flexibility index (Phi) is 6.04. The molecule has 1 spiro atoms. The molecule has 2 aromatic carbocycles. The van der Waals surface area contributed by atoms with Gasteiger partial charge in [0.05, 0.1) is 23.7 Å². The number of hydrogen-bond acceptors (Lipinski definition) is 4. The first-order valence-electron chi connectivity index (χ1n) is 9.90. The molecule has 0 aliphatic carbocycles. The number of benzene rings is 2. The number of hydrogen-bond donors (Lipinski definition) is 2. The fourth-order valence-corrected chi connectivity index (χ4v) is 4.14. The standard InChI is InChI=1S/C22H24ClFN4O2/c1-30-11-9-25-21-22(26-13-16-4-2-3-5-19(16)27-21)8-10-28(14-22)20(29)15-6-7-18(24)17(23)12-15/h2-7,12,26H,8-11,13-14H2,1H3,(H,25,27). The molecule has 0 radical (unpaired) electrons. The molecule has 158 valence electrons. The lowest BCUT2D eigenvalue weighted by Gasteiger charge is -2.30. The number of amidine groups is 1. The third-order valence-electron chi connectivity index (χ3n) is 5.63. The molecule has 2 aromatic rings. The summed E-state index contributed by atoms with van der Waals surface area (Å²) >= 11 is 5.87. The molecule has 8 heteroatoms. The summed E-state index contributed by atoms with van der Waals surface area (Å²) in [5.74, 6) is 0.0941. The molecule has 2 heterocycles. The average molecular weight is 431 g/mol. The minimum atomic E-state index is -0.536. The van der Waals surface area contributed by atoms with Gasteiger partial charge in [-0.2, -0.15) is 0 Å². The maximum Gasteiger partial charge on any atom is 0.253 e. The molecule has 4 rings (SSSR count). The predicted molar refractivity (Wildman–Crippen MR) is 116 cm³/mol. The first-order chi connectivity index (χ1) is 14.5. The first-order valence-corrected chi connectivity index (χ1v) is 10.3. The summed E-state index contributed by atoms with van der Waals surface area (Å²) in [6.07, 6.45) is 0.709. The van der Waals surface area contributed by atoms with Gasteiger partial charge in [0.2, 0.25) is 0 Å². The highest BCUT2D eigenvalue weighted by Crippen LogP contribution is 2.30. The topological polar surface area (TPSA) is 66.0 Å². The van der Waals surface area contributed by atoms with Crippen LogP contribution in [0, 0.1) is 5.82 Å². The molecule has 2 aliphatic heterocycles. The van der Waals surface area contributed by atoms with Crippen LogP contribution in [0.1, 0.15) is 22.3 Å². The molecule has 0 bridgehead atoms. The molecule has 1 atom stereocenters. The first kappa shape index (κ1) is 20.8. The van der Waals surface area contributed by atoms with E-state index in [9.17, 15) is 9.18 Å². The van der Waals surface area contributed by atoms with Crippen LogP contribution in [0.2, 0.25) is 5.02 Å². The van der Waals surface area contributed by atoms with E-state index < -0.39 is 11.4 Å². The molecular formula is C22H24ClFN4O2. The molecule has 2 aliphatic rings. The number of aliphatic imine (C=N–C) groups is 1. The van der Waals surface area contributed by atoms with Crippen molar-refractivity contribution < 1.29 is 13.9 Å². The Morgan fingerprint density at radius 2 is 2.17 bits per heavy atom. The van der Waals surface area contributed by atoms with E-state index in [1.807, 2.05) is 18.2 Å². The second-order valence-electron chi connectivity index (χ2n) is 7.55. The van der Waals surface area contributed by atoms with Gasteiger partial charge >= 0.3 is 0 Å². The molecule has 6 nitrogen and oxygen atoms in total. The van der Waals surface area contributed by atoms with Crippen molar-refractivity contribution in [1.29, 1.82) is 0 Å². The van der Waals surface area contributed by atoms with Gasteiger partial charge in [-0.3, -0.25) is 15.1 Å². The number of amides is 1. The fourth-order valence-electron chi connectivity index (χ4n) is 3.96. The number of ether oxygens (including phenoxy) is 1. The average Bonchev–Trinajstić information content (AvgIpc) is 3.12. The number of fused-ring (bicyclic) bond motifs is 1. The zero-order chi connectivity index (χ0) is 21.1. The minimum absolute atomic E-state index is 0.0544. The molecule has 1 fully saturated rings. The van der Waals surface area contributed by atoms with Crippen LogP contribution in [0.5, 0.6) is 0 Å². The van der Waals surface area contributed by atoms with E-state index in [2.05, 4.69) is 16.7 Å². The highest BCUT2D eigenvalue weighted by atomic mass is 35.5. The Hall–Kier alpha value is -2.48. The van der Waals surface area contributed by atoms with Crippen molar-refractivity contribution in [3.8, 4) is 0 Å². The number of carbonyl (C=O) groups is 1. The van der Waals surface area contributed by atoms with Crippen LogP contribution in [0.3, 0.4) is 0 Å². The van der Waals surface area contributed by atoms with Crippen molar-refractivity contribution in [2.24, 2.45) is 4.99 Å². The van der Waals surface area contributed by atoms with Gasteiger partial charge in [-0.05, 0) is 36.2 Å². The van der Waals surface area contributed by atoms with Gasteiger partial charge in [0.15, 0.2) is 0 Å². The zero-order valence-electron chi connectivity index (χ0n) is 16.8. The van der Waals surface area contributed by atoms with E-state index in [-0.39, 0.29) is 10.9 Å². The smallest absolute Gasteiger partial charge is 0.253 e. The van der Waals surface area contributed by atoms with Crippen LogP contribution in [-0.4, -0.2) is 55.5 Å². The van der Waals surface area contributed by atoms with E-state index in [4.69, 9.17) is 21.3 Å². The molecular weight excluding hydrogens is 407 g/mol. The highest BCUT2D eigenvalue weighted by Gasteiger charge is 2.45. The largest absolute Gasteiger partial charge is 0.383 e. The SMILES string of the molecule is COCCN=C1Nc2ccccc2CNC12CCN(C(=O)c1ccc(F)c(Cl)c1)C2. The van der Waals surface area contributed by atoms with Crippen LogP contribution in [0.25, 0.3) is 0 Å². The summed E-state index contributed by atoms with van der Waals surface area (Å²) in [7, 11) is 1.65. The van der Waals surface area contributed by atoms with Crippen molar-refractivity contribution in [3.05, 3.63) is 64.4 Å². The number of rotatable bonds is 4. The second kappa shape index (κ2) is 8.71. The molecule has 2 N–H and O–H groups in total. The second-order valence-corrected chi connectivity index (χ2v) is 7.95. The maximum absolute atomic E-state index is 13.5. The Balaban J connectivity index is 1.60. The number of halogens is 2. The van der Waals surface area contributed by atoms with Crippen molar-refractivity contribution in [1.82, 2.24) is 10.2 Å². The van der Waals surface area contributed by atoms with Gasteiger partial charge in [-0.15, -0.1) is 0 Å². The number of carbonyl (C=O) groups excluding carboxylic acids is 1.